The van der Waals surface area contributed by atoms with Gasteiger partial charge >= 0.3 is 0 Å². The van der Waals surface area contributed by atoms with Gasteiger partial charge in [-0.2, -0.15) is 0 Å². The number of hydrogen-bond donors (Lipinski definition) is 4. The number of thioether (sulfide) groups is 1. The normalized spacial score (nSPS) is 10.4. The average Bonchev–Trinajstić information content (AvgIpc) is 2.87. The highest BCUT2D eigenvalue weighted by atomic mass is 79.9. The van der Waals surface area contributed by atoms with E-state index in [9.17, 15) is 14.4 Å². The molecule has 0 aliphatic carbocycles. The summed E-state index contributed by atoms with van der Waals surface area (Å²) in [4.78, 5) is 40.8. The second kappa shape index (κ2) is 6.66. The number of nitrogen functional groups attached to an aromatic ring is 1. The van der Waals surface area contributed by atoms with Gasteiger partial charge in [-0.25, -0.2) is 4.98 Å². The molecule has 11 heteroatoms. The Bertz CT molecular complexity index is 787. The zero-order valence-electron chi connectivity index (χ0n) is 10.9. The van der Waals surface area contributed by atoms with Gasteiger partial charge < -0.3 is 21.2 Å². The fourth-order valence-corrected chi connectivity index (χ4v) is 2.32. The quantitative estimate of drug-likeness (QED) is 0.430. The van der Waals surface area contributed by atoms with E-state index in [1.54, 1.807) is 0 Å². The Balaban J connectivity index is 2.19. The Morgan fingerprint density at radius 2 is 2.18 bits per heavy atom. The third kappa shape index (κ3) is 3.89. The van der Waals surface area contributed by atoms with Crippen molar-refractivity contribution in [3.8, 4) is 0 Å². The molecule has 2 aromatic heterocycles. The van der Waals surface area contributed by atoms with Gasteiger partial charge in [0.15, 0.2) is 27.1 Å². The maximum Gasteiger partial charge on any atom is 0.291 e. The summed E-state index contributed by atoms with van der Waals surface area (Å²) in [5.74, 6) is -1.46. The summed E-state index contributed by atoms with van der Waals surface area (Å²) in [6, 6.07) is 2.96. The number of carbonyl (C=O) groups is 2. The van der Waals surface area contributed by atoms with Gasteiger partial charge in [-0.3, -0.25) is 19.4 Å². The van der Waals surface area contributed by atoms with E-state index in [1.807, 2.05) is 0 Å². The molecular formula is C11H10BrN5O4S. The predicted molar refractivity (Wildman–Crippen MR) is 83.5 cm³/mol. The fraction of sp³-hybridized carbons (Fsp3) is 0.0909. The van der Waals surface area contributed by atoms with Gasteiger partial charge in [0.2, 0.25) is 5.91 Å². The minimum atomic E-state index is -0.654. The molecular weight excluding hydrogens is 378 g/mol. The molecule has 0 aliphatic rings. The van der Waals surface area contributed by atoms with Crippen LogP contribution in [0.2, 0.25) is 0 Å². The van der Waals surface area contributed by atoms with E-state index in [0.717, 1.165) is 11.8 Å². The summed E-state index contributed by atoms with van der Waals surface area (Å²) < 4.78 is 5.43. The number of carbonyl (C=O) groups excluding carboxylic acids is 2. The van der Waals surface area contributed by atoms with Crippen LogP contribution < -0.4 is 22.3 Å². The van der Waals surface area contributed by atoms with Crippen LogP contribution in [0.5, 0.6) is 0 Å². The lowest BCUT2D eigenvalue weighted by Gasteiger charge is -2.06. The van der Waals surface area contributed by atoms with Gasteiger partial charge in [-0.05, 0) is 28.1 Å². The Kier molecular flexibility index (Phi) is 4.88. The molecule has 0 atom stereocenters. The Morgan fingerprint density at radius 1 is 1.45 bits per heavy atom. The smallest absolute Gasteiger partial charge is 0.291 e. The molecule has 2 heterocycles. The van der Waals surface area contributed by atoms with Crippen molar-refractivity contribution in [3.63, 3.8) is 0 Å². The minimum Gasteiger partial charge on any atom is -0.444 e. The highest BCUT2D eigenvalue weighted by Gasteiger charge is 2.16. The van der Waals surface area contributed by atoms with Crippen LogP contribution in [0, 0.1) is 0 Å². The average molecular weight is 388 g/mol. The van der Waals surface area contributed by atoms with Crippen LogP contribution in [-0.2, 0) is 4.79 Å². The first kappa shape index (κ1) is 16.1. The third-order valence-corrected chi connectivity index (χ3v) is 3.63. The number of nitrogens with one attached hydrogen (secondary N) is 2. The molecule has 0 aromatic carbocycles. The number of amides is 2. The monoisotopic (exact) mass is 387 g/mol. The van der Waals surface area contributed by atoms with Crippen LogP contribution in [0.4, 0.5) is 11.5 Å². The molecule has 9 nitrogen and oxygen atoms in total. The summed E-state index contributed by atoms with van der Waals surface area (Å²) in [7, 11) is 0. The second-order valence-electron chi connectivity index (χ2n) is 3.94. The molecule has 2 amide bonds. The highest BCUT2D eigenvalue weighted by Crippen LogP contribution is 2.18. The molecule has 0 radical (unpaired) electrons. The Hall–Kier alpha value is -2.27. The van der Waals surface area contributed by atoms with Crippen LogP contribution in [0.1, 0.15) is 10.6 Å². The van der Waals surface area contributed by atoms with E-state index in [0.29, 0.717) is 4.67 Å². The van der Waals surface area contributed by atoms with Gasteiger partial charge in [-0.1, -0.05) is 11.8 Å². The molecule has 6 N–H and O–H groups in total. The zero-order valence-corrected chi connectivity index (χ0v) is 13.3. The fourth-order valence-electron chi connectivity index (χ4n) is 1.41. The molecule has 0 spiro atoms. The van der Waals surface area contributed by atoms with E-state index in [4.69, 9.17) is 15.9 Å². The highest BCUT2D eigenvalue weighted by molar-refractivity contribution is 9.10. The number of primary amides is 1. The lowest BCUT2D eigenvalue weighted by Crippen LogP contribution is -2.23. The van der Waals surface area contributed by atoms with Gasteiger partial charge in [0.25, 0.3) is 11.5 Å². The molecule has 0 unspecified atom stereocenters. The number of aromatic nitrogens is 2. The van der Waals surface area contributed by atoms with E-state index >= 15 is 0 Å². The van der Waals surface area contributed by atoms with Gasteiger partial charge in [-0.15, -0.1) is 0 Å². The van der Waals surface area contributed by atoms with Crippen LogP contribution >= 0.6 is 27.7 Å². The molecule has 0 saturated carbocycles. The van der Waals surface area contributed by atoms with Crippen LogP contribution in [0.25, 0.3) is 0 Å². The molecule has 0 saturated heterocycles. The van der Waals surface area contributed by atoms with Gasteiger partial charge in [0, 0.05) is 0 Å². The second-order valence-corrected chi connectivity index (χ2v) is 5.69. The molecule has 0 aliphatic heterocycles. The van der Waals surface area contributed by atoms with Crippen molar-refractivity contribution < 1.29 is 14.0 Å². The van der Waals surface area contributed by atoms with Crippen molar-refractivity contribution in [2.45, 2.75) is 5.16 Å². The molecule has 0 fully saturated rings. The number of rotatable bonds is 5. The number of anilines is 2. The van der Waals surface area contributed by atoms with Crippen molar-refractivity contribution in [3.05, 3.63) is 32.9 Å². The van der Waals surface area contributed by atoms with Crippen molar-refractivity contribution in [2.24, 2.45) is 5.73 Å². The van der Waals surface area contributed by atoms with Crippen molar-refractivity contribution in [1.29, 1.82) is 0 Å². The number of halogens is 1. The summed E-state index contributed by atoms with van der Waals surface area (Å²) in [6.07, 6.45) is 0. The number of furan rings is 1. The third-order valence-electron chi connectivity index (χ3n) is 2.31. The topological polar surface area (TPSA) is 157 Å². The van der Waals surface area contributed by atoms with E-state index in [2.05, 4.69) is 31.2 Å². The lowest BCUT2D eigenvalue weighted by molar-refractivity contribution is -0.115. The number of nitrogens with zero attached hydrogens (tertiary/aromatic N) is 1. The number of hydrogen-bond acceptors (Lipinski definition) is 7. The standard InChI is InChI=1S/C11H10BrN5O4S/c12-5-2-1-4(21-5)9(19)15-7-8(14)16-11(17-10(7)20)22-3-6(13)18/h1-2H,3H2,(H2,13,18)(H,15,19)(H3,14,16,17,20). The van der Waals surface area contributed by atoms with Crippen LogP contribution in [-0.4, -0.2) is 27.5 Å². The number of nitrogens with two attached hydrogens (primary N) is 2. The van der Waals surface area contributed by atoms with Crippen LogP contribution in [0.15, 0.2) is 31.2 Å². The summed E-state index contributed by atoms with van der Waals surface area (Å²) in [6.45, 7) is 0. The van der Waals surface area contributed by atoms with Crippen molar-refractivity contribution in [2.75, 3.05) is 16.8 Å². The molecule has 2 rings (SSSR count). The maximum atomic E-state index is 11.9. The van der Waals surface area contributed by atoms with Crippen molar-refractivity contribution >= 4 is 51.0 Å². The van der Waals surface area contributed by atoms with E-state index in [-0.39, 0.29) is 28.2 Å². The zero-order chi connectivity index (χ0) is 16.3. The summed E-state index contributed by atoms with van der Waals surface area (Å²) in [5, 5.41) is 2.44. The summed E-state index contributed by atoms with van der Waals surface area (Å²) in [5.41, 5.74) is 9.78. The molecule has 22 heavy (non-hydrogen) atoms. The molecule has 2 aromatic rings. The Morgan fingerprint density at radius 3 is 2.73 bits per heavy atom. The van der Waals surface area contributed by atoms with Gasteiger partial charge in [0.1, 0.15) is 0 Å². The molecule has 0 bridgehead atoms. The lowest BCUT2D eigenvalue weighted by atomic mass is 10.4. The molecule has 116 valence electrons. The first-order valence-electron chi connectivity index (χ1n) is 5.74. The first-order valence-corrected chi connectivity index (χ1v) is 7.52. The van der Waals surface area contributed by atoms with E-state index in [1.165, 1.54) is 12.1 Å². The largest absolute Gasteiger partial charge is 0.444 e. The first-order chi connectivity index (χ1) is 10.4. The van der Waals surface area contributed by atoms with Crippen LogP contribution in [0.3, 0.4) is 0 Å². The summed E-state index contributed by atoms with van der Waals surface area (Å²) >= 11 is 3.99. The SMILES string of the molecule is NC(=O)CSc1nc(N)c(NC(=O)c2ccc(Br)o2)c(=O)[nH]1. The number of aromatic amines is 1. The predicted octanol–water partition coefficient (Wildman–Crippen LogP) is 0.537. The number of H-pyrrole nitrogens is 1. The van der Waals surface area contributed by atoms with Crippen molar-refractivity contribution in [1.82, 2.24) is 9.97 Å². The maximum absolute atomic E-state index is 11.9. The Labute approximate surface area is 136 Å². The minimum absolute atomic E-state index is 0.00199. The van der Waals surface area contributed by atoms with Gasteiger partial charge in [0.05, 0.1) is 5.75 Å². The van der Waals surface area contributed by atoms with E-state index < -0.39 is 17.4 Å².